The second kappa shape index (κ2) is 5.58. The third-order valence-corrected chi connectivity index (χ3v) is 2.75. The summed E-state index contributed by atoms with van der Waals surface area (Å²) >= 11 is 4.32. The Labute approximate surface area is 106 Å². The summed E-state index contributed by atoms with van der Waals surface area (Å²) < 4.78 is 0. The molecule has 0 aliphatic heterocycles. The van der Waals surface area contributed by atoms with Crippen LogP contribution in [0.4, 0.5) is 4.79 Å². The molecule has 1 aromatic carbocycles. The van der Waals surface area contributed by atoms with Gasteiger partial charge in [-0.25, -0.2) is 4.79 Å². The molecule has 1 rings (SSSR count). The average molecular weight is 252 g/mol. The van der Waals surface area contributed by atoms with Crippen LogP contribution in [0.15, 0.2) is 23.1 Å². The Bertz CT molecular complexity index is 447. The van der Waals surface area contributed by atoms with E-state index in [2.05, 4.69) is 17.9 Å². The first-order valence-corrected chi connectivity index (χ1v) is 5.52. The van der Waals surface area contributed by atoms with E-state index < -0.39 is 6.03 Å². The van der Waals surface area contributed by atoms with E-state index in [0.29, 0.717) is 0 Å². The van der Waals surface area contributed by atoms with Gasteiger partial charge in [0.1, 0.15) is 0 Å². The molecule has 5 nitrogen and oxygen atoms in total. The van der Waals surface area contributed by atoms with E-state index in [9.17, 15) is 4.79 Å². The third kappa shape index (κ3) is 3.39. The molecule has 2 amide bonds. The number of nitrogens with two attached hydrogens (primary N) is 1. The van der Waals surface area contributed by atoms with Crippen molar-refractivity contribution in [3.8, 4) is 0 Å². The number of nitrogens with one attached hydrogen (secondary N) is 2. The van der Waals surface area contributed by atoms with Crippen LogP contribution in [-0.4, -0.2) is 23.9 Å². The maximum Gasteiger partial charge on any atom is 0.324 e. The SMILES string of the molecule is CNC(=O)N(Cc1cc(C)ccc1S)C(=N)N. The fourth-order valence-electron chi connectivity index (χ4n) is 1.41. The van der Waals surface area contributed by atoms with Crippen molar-refractivity contribution in [1.29, 1.82) is 5.41 Å². The molecule has 0 atom stereocenters. The molecule has 0 saturated heterocycles. The summed E-state index contributed by atoms with van der Waals surface area (Å²) in [5.74, 6) is -0.293. The van der Waals surface area contributed by atoms with Crippen LogP contribution in [0.1, 0.15) is 11.1 Å². The first kappa shape index (κ1) is 13.4. The van der Waals surface area contributed by atoms with Crippen molar-refractivity contribution >= 4 is 24.6 Å². The molecular weight excluding hydrogens is 236 g/mol. The lowest BCUT2D eigenvalue weighted by Gasteiger charge is -2.21. The van der Waals surface area contributed by atoms with E-state index in [1.54, 1.807) is 0 Å². The maximum atomic E-state index is 11.5. The van der Waals surface area contributed by atoms with Crippen LogP contribution in [0, 0.1) is 12.3 Å². The molecule has 0 aliphatic rings. The Balaban J connectivity index is 2.97. The zero-order valence-corrected chi connectivity index (χ0v) is 10.7. The lowest BCUT2D eigenvalue weighted by Crippen LogP contribution is -2.45. The van der Waals surface area contributed by atoms with E-state index >= 15 is 0 Å². The number of guanidine groups is 1. The van der Waals surface area contributed by atoms with Crippen molar-refractivity contribution in [1.82, 2.24) is 10.2 Å². The Morgan fingerprint density at radius 3 is 2.76 bits per heavy atom. The monoisotopic (exact) mass is 252 g/mol. The minimum atomic E-state index is -0.410. The van der Waals surface area contributed by atoms with E-state index in [1.165, 1.54) is 7.05 Å². The topological polar surface area (TPSA) is 82.2 Å². The van der Waals surface area contributed by atoms with Crippen molar-refractivity contribution < 1.29 is 4.79 Å². The van der Waals surface area contributed by atoms with Gasteiger partial charge in [-0.15, -0.1) is 12.6 Å². The number of benzene rings is 1. The van der Waals surface area contributed by atoms with Gasteiger partial charge in [-0.3, -0.25) is 10.3 Å². The first-order chi connectivity index (χ1) is 7.95. The lowest BCUT2D eigenvalue weighted by molar-refractivity contribution is 0.220. The Hall–Kier alpha value is -1.69. The standard InChI is InChI=1S/C11H16N4OS/c1-7-3-4-9(17)8(5-7)6-15(10(12)13)11(16)14-2/h3-5,17H,6H2,1-2H3,(H3,12,13)(H,14,16). The van der Waals surface area contributed by atoms with E-state index in [-0.39, 0.29) is 12.5 Å². The largest absolute Gasteiger partial charge is 0.370 e. The molecule has 0 aromatic heterocycles. The molecule has 1 aromatic rings. The van der Waals surface area contributed by atoms with Gasteiger partial charge in [0, 0.05) is 11.9 Å². The minimum Gasteiger partial charge on any atom is -0.370 e. The normalized spacial score (nSPS) is 9.82. The number of amides is 2. The van der Waals surface area contributed by atoms with Gasteiger partial charge >= 0.3 is 6.03 Å². The quantitative estimate of drug-likeness (QED) is 0.364. The van der Waals surface area contributed by atoms with Gasteiger partial charge in [0.2, 0.25) is 0 Å². The number of rotatable bonds is 2. The van der Waals surface area contributed by atoms with Crippen LogP contribution in [0.2, 0.25) is 0 Å². The molecule has 0 unspecified atom stereocenters. The van der Waals surface area contributed by atoms with Crippen LogP contribution >= 0.6 is 12.6 Å². The summed E-state index contributed by atoms with van der Waals surface area (Å²) in [6.45, 7) is 2.18. The Morgan fingerprint density at radius 1 is 1.59 bits per heavy atom. The second-order valence-corrected chi connectivity index (χ2v) is 4.14. The first-order valence-electron chi connectivity index (χ1n) is 5.07. The maximum absolute atomic E-state index is 11.5. The second-order valence-electron chi connectivity index (χ2n) is 3.66. The number of thiol groups is 1. The molecule has 6 heteroatoms. The average Bonchev–Trinajstić information content (AvgIpc) is 2.28. The minimum absolute atomic E-state index is 0.232. The molecule has 92 valence electrons. The summed E-state index contributed by atoms with van der Waals surface area (Å²) in [6.07, 6.45) is 0. The molecule has 0 spiro atoms. The third-order valence-electron chi connectivity index (χ3n) is 2.31. The van der Waals surface area contributed by atoms with Crippen molar-refractivity contribution in [3.05, 3.63) is 29.3 Å². The van der Waals surface area contributed by atoms with Crippen LogP contribution in [0.3, 0.4) is 0 Å². The van der Waals surface area contributed by atoms with Crippen molar-refractivity contribution in [2.45, 2.75) is 18.4 Å². The zero-order chi connectivity index (χ0) is 13.0. The number of urea groups is 1. The summed E-state index contributed by atoms with van der Waals surface area (Å²) in [6, 6.07) is 5.30. The van der Waals surface area contributed by atoms with Gasteiger partial charge < -0.3 is 11.1 Å². The molecular formula is C11H16N4OS. The van der Waals surface area contributed by atoms with E-state index in [1.807, 2.05) is 25.1 Å². The highest BCUT2D eigenvalue weighted by molar-refractivity contribution is 7.80. The Kier molecular flexibility index (Phi) is 4.39. The number of aryl methyl sites for hydroxylation is 1. The highest BCUT2D eigenvalue weighted by Gasteiger charge is 2.16. The predicted octanol–water partition coefficient (Wildman–Crippen LogP) is 1.32. The molecule has 0 bridgehead atoms. The van der Waals surface area contributed by atoms with Gasteiger partial charge in [0.05, 0.1) is 6.54 Å². The number of carbonyl (C=O) groups is 1. The number of hydrogen-bond donors (Lipinski definition) is 4. The summed E-state index contributed by atoms with van der Waals surface area (Å²) in [5.41, 5.74) is 7.29. The van der Waals surface area contributed by atoms with Crippen molar-refractivity contribution in [2.24, 2.45) is 5.73 Å². The van der Waals surface area contributed by atoms with E-state index in [4.69, 9.17) is 11.1 Å². The number of hydrogen-bond acceptors (Lipinski definition) is 3. The molecule has 4 N–H and O–H groups in total. The number of carbonyl (C=O) groups excluding carboxylic acids is 1. The van der Waals surface area contributed by atoms with E-state index in [0.717, 1.165) is 20.9 Å². The fourth-order valence-corrected chi connectivity index (χ4v) is 1.62. The molecule has 0 fully saturated rings. The van der Waals surface area contributed by atoms with Crippen molar-refractivity contribution in [2.75, 3.05) is 7.05 Å². The van der Waals surface area contributed by atoms with Gasteiger partial charge in [-0.1, -0.05) is 17.7 Å². The van der Waals surface area contributed by atoms with Gasteiger partial charge in [0.15, 0.2) is 5.96 Å². The summed E-state index contributed by atoms with van der Waals surface area (Å²) in [4.78, 5) is 13.4. The van der Waals surface area contributed by atoms with Crippen LogP contribution in [-0.2, 0) is 6.54 Å². The van der Waals surface area contributed by atoms with Crippen LogP contribution in [0.5, 0.6) is 0 Å². The lowest BCUT2D eigenvalue weighted by atomic mass is 10.1. The summed E-state index contributed by atoms with van der Waals surface area (Å²) in [7, 11) is 1.50. The zero-order valence-electron chi connectivity index (χ0n) is 9.82. The van der Waals surface area contributed by atoms with Gasteiger partial charge in [-0.05, 0) is 18.6 Å². The Morgan fingerprint density at radius 2 is 2.24 bits per heavy atom. The summed E-state index contributed by atoms with van der Waals surface area (Å²) in [5, 5.41) is 9.82. The molecule has 0 saturated carbocycles. The molecule has 17 heavy (non-hydrogen) atoms. The van der Waals surface area contributed by atoms with Crippen LogP contribution in [0.25, 0.3) is 0 Å². The van der Waals surface area contributed by atoms with Gasteiger partial charge in [-0.2, -0.15) is 0 Å². The highest BCUT2D eigenvalue weighted by Crippen LogP contribution is 2.17. The number of nitrogens with zero attached hydrogens (tertiary/aromatic N) is 1. The molecule has 0 aliphatic carbocycles. The van der Waals surface area contributed by atoms with Crippen molar-refractivity contribution in [3.63, 3.8) is 0 Å². The van der Waals surface area contributed by atoms with Crippen LogP contribution < -0.4 is 11.1 Å². The highest BCUT2D eigenvalue weighted by atomic mass is 32.1. The molecule has 0 radical (unpaired) electrons. The fraction of sp³-hybridized carbons (Fsp3) is 0.273. The molecule has 0 heterocycles. The van der Waals surface area contributed by atoms with Gasteiger partial charge in [0.25, 0.3) is 0 Å². The predicted molar refractivity (Wildman–Crippen MR) is 70.3 cm³/mol. The smallest absolute Gasteiger partial charge is 0.324 e.